The van der Waals surface area contributed by atoms with E-state index in [1.807, 2.05) is 4.40 Å². The molecule has 1 aliphatic rings. The van der Waals surface area contributed by atoms with Crippen LogP contribution >= 0.6 is 0 Å². The van der Waals surface area contributed by atoms with Gasteiger partial charge in [-0.1, -0.05) is 0 Å². The molecular weight excluding hydrogens is 360 g/mol. The number of hydrogen-bond donors (Lipinski definition) is 0. The van der Waals surface area contributed by atoms with Gasteiger partial charge in [0.05, 0.1) is 0 Å². The van der Waals surface area contributed by atoms with Crippen LogP contribution in [0.5, 0.6) is 0 Å². The van der Waals surface area contributed by atoms with Crippen LogP contribution in [0.25, 0.3) is 0 Å². The zero-order valence-electron chi connectivity index (χ0n) is 9.73. The third-order valence-corrected chi connectivity index (χ3v) is 3.76. The van der Waals surface area contributed by atoms with Gasteiger partial charge in [0, 0.05) is 0 Å². The van der Waals surface area contributed by atoms with Gasteiger partial charge in [-0.3, -0.25) is 0 Å². The summed E-state index contributed by atoms with van der Waals surface area (Å²) < 4.78 is 2.05. The van der Waals surface area contributed by atoms with Crippen LogP contribution in [0.4, 0.5) is 0 Å². The predicted molar refractivity (Wildman–Crippen MR) is 58.7 cm³/mol. The minimum absolute atomic E-state index is 0.0114. The topological polar surface area (TPSA) is 32.7 Å². The summed E-state index contributed by atoms with van der Waals surface area (Å²) in [6.07, 6.45) is 2.69. The molecule has 84 valence electrons. The number of aliphatic imine (C=N–C) groups is 1. The first-order chi connectivity index (χ1) is 6.91. The molecule has 0 fully saturated rings. The second kappa shape index (κ2) is 4.69. The summed E-state index contributed by atoms with van der Waals surface area (Å²) in [7, 11) is 0. The van der Waals surface area contributed by atoms with E-state index in [-0.39, 0.29) is 23.4 Å². The molecule has 0 saturated carbocycles. The SMILES string of the molecule is CCC1C([CH]=[W])C(=O)N=CN1C(C)(C)C. The summed E-state index contributed by atoms with van der Waals surface area (Å²) in [4.78, 5) is 17.8. The summed E-state index contributed by atoms with van der Waals surface area (Å²) in [5.74, 6) is -0.00780. The van der Waals surface area contributed by atoms with Crippen molar-refractivity contribution in [3.8, 4) is 0 Å². The average Bonchev–Trinajstić information content (AvgIpc) is 2.15. The average molecular weight is 378 g/mol. The maximum absolute atomic E-state index is 11.6. The molecule has 0 aliphatic carbocycles. The predicted octanol–water partition coefficient (Wildman–Crippen LogP) is 1.40. The van der Waals surface area contributed by atoms with Crippen molar-refractivity contribution in [1.82, 2.24) is 4.90 Å². The molecule has 2 atom stereocenters. The van der Waals surface area contributed by atoms with E-state index in [9.17, 15) is 4.79 Å². The van der Waals surface area contributed by atoms with Crippen LogP contribution in [0, 0.1) is 5.92 Å². The molecule has 0 aromatic heterocycles. The summed E-state index contributed by atoms with van der Waals surface area (Å²) in [6, 6.07) is 0.271. The molecule has 4 heteroatoms. The maximum atomic E-state index is 11.6. The van der Waals surface area contributed by atoms with Gasteiger partial charge in [-0.15, -0.1) is 0 Å². The van der Waals surface area contributed by atoms with E-state index in [4.69, 9.17) is 0 Å². The van der Waals surface area contributed by atoms with E-state index < -0.39 is 0 Å². The standard InChI is InChI=1S/C11H18N2O.W/c1-6-9-8(2)10(14)12-7-13(9)11(3,4)5;/h2,7-9H,6H2,1,3-5H3;. The fourth-order valence-electron chi connectivity index (χ4n) is 1.90. The second-order valence-electron chi connectivity index (χ2n) is 4.80. The summed E-state index contributed by atoms with van der Waals surface area (Å²) in [6.45, 7) is 8.58. The zero-order chi connectivity index (χ0) is 11.6. The van der Waals surface area contributed by atoms with E-state index in [1.165, 1.54) is 19.4 Å². The van der Waals surface area contributed by atoms with Crippen LogP contribution in [0.15, 0.2) is 4.99 Å². The Morgan fingerprint density at radius 1 is 1.60 bits per heavy atom. The first kappa shape index (κ1) is 12.8. The van der Waals surface area contributed by atoms with Crippen molar-refractivity contribution in [2.24, 2.45) is 10.9 Å². The van der Waals surface area contributed by atoms with Crippen LogP contribution in [-0.4, -0.2) is 33.1 Å². The molecule has 1 aliphatic heterocycles. The van der Waals surface area contributed by atoms with Gasteiger partial charge in [0.2, 0.25) is 0 Å². The van der Waals surface area contributed by atoms with E-state index in [0.717, 1.165) is 6.42 Å². The molecule has 0 radical (unpaired) electrons. The molecule has 15 heavy (non-hydrogen) atoms. The van der Waals surface area contributed by atoms with E-state index >= 15 is 0 Å². The molecule has 0 aromatic carbocycles. The molecular formula is C11H18N2OW. The Morgan fingerprint density at radius 3 is 2.60 bits per heavy atom. The molecule has 0 spiro atoms. The zero-order valence-corrected chi connectivity index (χ0v) is 12.7. The molecule has 0 aromatic rings. The number of amides is 1. The van der Waals surface area contributed by atoms with E-state index in [0.29, 0.717) is 0 Å². The first-order valence-electron chi connectivity index (χ1n) is 5.23. The van der Waals surface area contributed by atoms with Crippen molar-refractivity contribution >= 4 is 16.6 Å². The summed E-state index contributed by atoms with van der Waals surface area (Å²) in [5.41, 5.74) is 0.0292. The Hall–Kier alpha value is -0.302. The van der Waals surface area contributed by atoms with Gasteiger partial charge in [0.1, 0.15) is 0 Å². The Labute approximate surface area is 102 Å². The van der Waals surface area contributed by atoms with Gasteiger partial charge >= 0.3 is 102 Å². The van der Waals surface area contributed by atoms with Crippen LogP contribution in [0.2, 0.25) is 0 Å². The van der Waals surface area contributed by atoms with Crippen molar-refractivity contribution in [1.29, 1.82) is 0 Å². The minimum atomic E-state index is -0.0192. The van der Waals surface area contributed by atoms with Gasteiger partial charge < -0.3 is 0 Å². The number of rotatable bonds is 2. The molecule has 0 saturated heterocycles. The van der Waals surface area contributed by atoms with Crippen molar-refractivity contribution in [3.63, 3.8) is 0 Å². The first-order valence-corrected chi connectivity index (χ1v) is 6.93. The summed E-state index contributed by atoms with van der Waals surface area (Å²) >= 11 is 1.34. The number of hydrogen-bond acceptors (Lipinski definition) is 2. The quantitative estimate of drug-likeness (QED) is 0.728. The number of nitrogens with zero attached hydrogens (tertiary/aromatic N) is 2. The van der Waals surface area contributed by atoms with E-state index in [1.54, 1.807) is 6.34 Å². The van der Waals surface area contributed by atoms with Crippen molar-refractivity contribution in [2.75, 3.05) is 0 Å². The number of carbonyl (C=O) groups excluding carboxylic acids is 1. The van der Waals surface area contributed by atoms with Crippen molar-refractivity contribution < 1.29 is 24.1 Å². The van der Waals surface area contributed by atoms with Crippen LogP contribution in [0.1, 0.15) is 34.1 Å². The van der Waals surface area contributed by atoms with Crippen LogP contribution < -0.4 is 0 Å². The monoisotopic (exact) mass is 378 g/mol. The van der Waals surface area contributed by atoms with Crippen LogP contribution in [0.3, 0.4) is 0 Å². The van der Waals surface area contributed by atoms with Gasteiger partial charge in [-0.25, -0.2) is 0 Å². The second-order valence-corrected chi connectivity index (χ2v) is 5.78. The number of carbonyl (C=O) groups is 1. The molecule has 1 rings (SSSR count). The third-order valence-electron chi connectivity index (χ3n) is 2.71. The molecule has 2 unspecified atom stereocenters. The summed E-state index contributed by atoms with van der Waals surface area (Å²) in [5, 5.41) is 0. The van der Waals surface area contributed by atoms with Gasteiger partial charge in [0.25, 0.3) is 0 Å². The van der Waals surface area contributed by atoms with Gasteiger partial charge in [-0.05, 0) is 0 Å². The Bertz CT molecular complexity index is 293. The molecule has 0 N–H and O–H groups in total. The third kappa shape index (κ3) is 2.63. The molecule has 1 heterocycles. The normalized spacial score (nSPS) is 26.9. The van der Waals surface area contributed by atoms with Gasteiger partial charge in [-0.2, -0.15) is 0 Å². The van der Waals surface area contributed by atoms with Gasteiger partial charge in [0.15, 0.2) is 0 Å². The van der Waals surface area contributed by atoms with Crippen LogP contribution in [-0.2, 0) is 24.1 Å². The fourth-order valence-corrected chi connectivity index (χ4v) is 2.97. The van der Waals surface area contributed by atoms with Crippen molar-refractivity contribution in [3.05, 3.63) is 0 Å². The Balaban J connectivity index is 3.04. The van der Waals surface area contributed by atoms with E-state index in [2.05, 4.69) is 37.6 Å². The fraction of sp³-hybridized carbons (Fsp3) is 0.727. The Kier molecular flexibility index (Phi) is 3.99. The molecule has 0 bridgehead atoms. The molecule has 3 nitrogen and oxygen atoms in total. The van der Waals surface area contributed by atoms with Crippen molar-refractivity contribution in [2.45, 2.75) is 45.7 Å². The molecule has 1 amide bonds. The Morgan fingerprint density at radius 2 is 2.20 bits per heavy atom.